The van der Waals surface area contributed by atoms with E-state index in [4.69, 9.17) is 5.11 Å². The van der Waals surface area contributed by atoms with Gasteiger partial charge in [0.2, 0.25) is 0 Å². The highest BCUT2D eigenvalue weighted by atomic mass is 16.3. The van der Waals surface area contributed by atoms with Crippen LogP contribution in [0.1, 0.15) is 30.5 Å². The molecule has 3 heteroatoms. The first-order chi connectivity index (χ1) is 7.31. The van der Waals surface area contributed by atoms with Gasteiger partial charge in [-0.25, -0.2) is 0 Å². The zero-order chi connectivity index (χ0) is 10.7. The Bertz CT molecular complexity index is 410. The summed E-state index contributed by atoms with van der Waals surface area (Å²) in [7, 11) is 0. The van der Waals surface area contributed by atoms with Gasteiger partial charge in [0, 0.05) is 31.0 Å². The van der Waals surface area contributed by atoms with Gasteiger partial charge in [0.05, 0.1) is 12.3 Å². The molecular formula is C12H14N2O. The van der Waals surface area contributed by atoms with Crippen LogP contribution in [0.3, 0.4) is 0 Å². The largest absolute Gasteiger partial charge is 0.390 e. The molecule has 1 aliphatic heterocycles. The molecule has 0 radical (unpaired) electrons. The third-order valence-electron chi connectivity index (χ3n) is 2.73. The van der Waals surface area contributed by atoms with Crippen LogP contribution in [-0.4, -0.2) is 16.3 Å². The first kappa shape index (κ1) is 10.1. The SMILES string of the molecule is CC(C1=CN=CC1)c1ccnc(CO)c1. The van der Waals surface area contributed by atoms with Gasteiger partial charge in [0.25, 0.3) is 0 Å². The van der Waals surface area contributed by atoms with Crippen LogP contribution >= 0.6 is 0 Å². The van der Waals surface area contributed by atoms with E-state index in [1.165, 1.54) is 11.1 Å². The molecule has 1 N–H and O–H groups in total. The number of aliphatic hydroxyl groups excluding tert-OH is 1. The molecule has 1 aromatic rings. The van der Waals surface area contributed by atoms with Gasteiger partial charge in [0.1, 0.15) is 0 Å². The van der Waals surface area contributed by atoms with Gasteiger partial charge in [0.15, 0.2) is 0 Å². The lowest BCUT2D eigenvalue weighted by Gasteiger charge is -2.13. The topological polar surface area (TPSA) is 45.5 Å². The van der Waals surface area contributed by atoms with Gasteiger partial charge in [-0.05, 0) is 23.3 Å². The summed E-state index contributed by atoms with van der Waals surface area (Å²) in [6.07, 6.45) is 6.51. The summed E-state index contributed by atoms with van der Waals surface area (Å²) in [4.78, 5) is 8.17. The fraction of sp³-hybridized carbons (Fsp3) is 0.333. The summed E-state index contributed by atoms with van der Waals surface area (Å²) in [5.74, 6) is 0.348. The van der Waals surface area contributed by atoms with Crippen LogP contribution in [0, 0.1) is 0 Å². The molecule has 3 nitrogen and oxygen atoms in total. The lowest BCUT2D eigenvalue weighted by atomic mass is 9.93. The average molecular weight is 202 g/mol. The Morgan fingerprint density at radius 1 is 1.53 bits per heavy atom. The van der Waals surface area contributed by atoms with E-state index in [-0.39, 0.29) is 6.61 Å². The van der Waals surface area contributed by atoms with Crippen molar-refractivity contribution >= 4 is 6.21 Å². The van der Waals surface area contributed by atoms with E-state index in [1.807, 2.05) is 24.5 Å². The van der Waals surface area contributed by atoms with Gasteiger partial charge >= 0.3 is 0 Å². The maximum Gasteiger partial charge on any atom is 0.0853 e. The minimum Gasteiger partial charge on any atom is -0.390 e. The summed E-state index contributed by atoms with van der Waals surface area (Å²) >= 11 is 0. The van der Waals surface area contributed by atoms with Gasteiger partial charge in [-0.3, -0.25) is 9.98 Å². The van der Waals surface area contributed by atoms with E-state index in [0.717, 1.165) is 12.1 Å². The normalized spacial score (nSPS) is 16.5. The molecule has 0 aliphatic carbocycles. The molecule has 2 rings (SSSR count). The third-order valence-corrected chi connectivity index (χ3v) is 2.73. The Labute approximate surface area is 89.2 Å². The standard InChI is InChI=1S/C12H14N2O/c1-9(11-2-4-13-7-11)10-3-5-14-12(6-10)8-15/h3-7,9,15H,2,8H2,1H3. The smallest absolute Gasteiger partial charge is 0.0853 e. The highest BCUT2D eigenvalue weighted by molar-refractivity contribution is 5.66. The number of pyridine rings is 1. The number of aromatic nitrogens is 1. The van der Waals surface area contributed by atoms with E-state index in [9.17, 15) is 0 Å². The number of hydrogen-bond donors (Lipinski definition) is 1. The fourth-order valence-electron chi connectivity index (χ4n) is 1.71. The Morgan fingerprint density at radius 2 is 2.40 bits per heavy atom. The van der Waals surface area contributed by atoms with E-state index in [1.54, 1.807) is 6.20 Å². The van der Waals surface area contributed by atoms with Crippen molar-refractivity contribution in [1.29, 1.82) is 0 Å². The monoisotopic (exact) mass is 202 g/mol. The van der Waals surface area contributed by atoms with E-state index >= 15 is 0 Å². The third kappa shape index (κ3) is 2.13. The first-order valence-corrected chi connectivity index (χ1v) is 5.07. The molecule has 78 valence electrons. The van der Waals surface area contributed by atoms with Crippen molar-refractivity contribution in [3.63, 3.8) is 0 Å². The molecule has 0 saturated carbocycles. The molecule has 0 amide bonds. The second-order valence-electron chi connectivity index (χ2n) is 3.70. The summed E-state index contributed by atoms with van der Waals surface area (Å²) < 4.78 is 0. The Morgan fingerprint density at radius 3 is 3.07 bits per heavy atom. The molecule has 0 fully saturated rings. The Kier molecular flexibility index (Phi) is 2.92. The molecule has 2 heterocycles. The number of nitrogens with zero attached hydrogens (tertiary/aromatic N) is 2. The molecule has 0 saturated heterocycles. The number of aliphatic hydroxyl groups is 1. The predicted molar refractivity (Wildman–Crippen MR) is 59.8 cm³/mol. The van der Waals surface area contributed by atoms with Crippen molar-refractivity contribution in [3.05, 3.63) is 41.4 Å². The summed E-state index contributed by atoms with van der Waals surface area (Å²) in [5, 5.41) is 9.01. The van der Waals surface area contributed by atoms with Gasteiger partial charge < -0.3 is 5.11 Å². The lowest BCUT2D eigenvalue weighted by Crippen LogP contribution is -1.99. The molecule has 1 atom stereocenters. The van der Waals surface area contributed by atoms with Crippen molar-refractivity contribution in [2.45, 2.75) is 25.9 Å². The van der Waals surface area contributed by atoms with Crippen LogP contribution in [-0.2, 0) is 6.61 Å². The first-order valence-electron chi connectivity index (χ1n) is 5.07. The minimum absolute atomic E-state index is 0.00386. The second kappa shape index (κ2) is 4.36. The van der Waals surface area contributed by atoms with Crippen LogP contribution in [0.4, 0.5) is 0 Å². The van der Waals surface area contributed by atoms with Gasteiger partial charge in [-0.15, -0.1) is 0 Å². The lowest BCUT2D eigenvalue weighted by molar-refractivity contribution is 0.276. The van der Waals surface area contributed by atoms with Gasteiger partial charge in [-0.1, -0.05) is 6.92 Å². The Balaban J connectivity index is 2.21. The van der Waals surface area contributed by atoms with Gasteiger partial charge in [-0.2, -0.15) is 0 Å². The summed E-state index contributed by atoms with van der Waals surface area (Å²) in [6.45, 7) is 2.15. The number of aliphatic imine (C=N–C) groups is 1. The molecule has 15 heavy (non-hydrogen) atoms. The molecule has 1 aliphatic rings. The number of rotatable bonds is 3. The summed E-state index contributed by atoms with van der Waals surface area (Å²) in [5.41, 5.74) is 3.22. The number of allylic oxidation sites excluding steroid dienone is 1. The maximum atomic E-state index is 9.01. The molecule has 1 aromatic heterocycles. The fourth-order valence-corrected chi connectivity index (χ4v) is 1.71. The molecular weight excluding hydrogens is 188 g/mol. The second-order valence-corrected chi connectivity index (χ2v) is 3.70. The van der Waals surface area contributed by atoms with E-state index < -0.39 is 0 Å². The predicted octanol–water partition coefficient (Wildman–Crippen LogP) is 2.04. The zero-order valence-electron chi connectivity index (χ0n) is 8.72. The van der Waals surface area contributed by atoms with Crippen molar-refractivity contribution in [3.8, 4) is 0 Å². The molecule has 0 spiro atoms. The van der Waals surface area contributed by atoms with E-state index in [0.29, 0.717) is 5.92 Å². The number of hydrogen-bond acceptors (Lipinski definition) is 3. The van der Waals surface area contributed by atoms with Crippen LogP contribution in [0.25, 0.3) is 0 Å². The highest BCUT2D eigenvalue weighted by Gasteiger charge is 2.13. The van der Waals surface area contributed by atoms with Crippen molar-refractivity contribution in [2.24, 2.45) is 4.99 Å². The van der Waals surface area contributed by atoms with Crippen molar-refractivity contribution in [2.75, 3.05) is 0 Å². The minimum atomic E-state index is -0.00386. The van der Waals surface area contributed by atoms with Crippen LogP contribution in [0.2, 0.25) is 0 Å². The zero-order valence-corrected chi connectivity index (χ0v) is 8.72. The Hall–Kier alpha value is -1.48. The molecule has 0 aromatic carbocycles. The maximum absolute atomic E-state index is 9.01. The van der Waals surface area contributed by atoms with Crippen LogP contribution in [0.5, 0.6) is 0 Å². The van der Waals surface area contributed by atoms with E-state index in [2.05, 4.69) is 16.9 Å². The molecule has 1 unspecified atom stereocenters. The van der Waals surface area contributed by atoms with Crippen LogP contribution in [0.15, 0.2) is 35.1 Å². The highest BCUT2D eigenvalue weighted by Crippen LogP contribution is 2.27. The quantitative estimate of drug-likeness (QED) is 0.815. The van der Waals surface area contributed by atoms with Crippen molar-refractivity contribution < 1.29 is 5.11 Å². The van der Waals surface area contributed by atoms with Crippen LogP contribution < -0.4 is 0 Å². The summed E-state index contributed by atoms with van der Waals surface area (Å²) in [6, 6.07) is 3.94. The molecule has 0 bridgehead atoms. The van der Waals surface area contributed by atoms with Crippen molar-refractivity contribution in [1.82, 2.24) is 4.98 Å². The average Bonchev–Trinajstić information content (AvgIpc) is 2.81.